The van der Waals surface area contributed by atoms with Gasteiger partial charge in [-0.05, 0) is 65.3 Å². The van der Waals surface area contributed by atoms with Crippen LogP contribution in [0.25, 0.3) is 0 Å². The number of hydrogen-bond acceptors (Lipinski definition) is 0. The van der Waals surface area contributed by atoms with Gasteiger partial charge in [-0.15, -0.1) is 0 Å². The minimum atomic E-state index is 0.187. The van der Waals surface area contributed by atoms with Gasteiger partial charge in [-0.3, -0.25) is 0 Å². The molecule has 1 unspecified atom stereocenters. The zero-order chi connectivity index (χ0) is 18.4. The standard InChI is InChI=1S/C24H36/c1-15-11-19(23(5,6)7)13-21(17(15)3)22-14-20(24(8,9)10)12-16(2)18(22)4/h11-14,17,21H,1-10H3/t17?,21-/m1/s1. The van der Waals surface area contributed by atoms with Crippen LogP contribution >= 0.6 is 0 Å². The van der Waals surface area contributed by atoms with E-state index in [1.807, 2.05) is 0 Å². The highest BCUT2D eigenvalue weighted by molar-refractivity contribution is 5.47. The maximum atomic E-state index is 2.53. The first-order valence-corrected chi connectivity index (χ1v) is 9.34. The fourth-order valence-electron chi connectivity index (χ4n) is 3.54. The highest BCUT2D eigenvalue weighted by Crippen LogP contribution is 2.43. The molecule has 2 atom stereocenters. The molecule has 132 valence electrons. The van der Waals surface area contributed by atoms with Crippen LogP contribution in [0.1, 0.15) is 83.6 Å². The third-order valence-electron chi connectivity index (χ3n) is 5.80. The van der Waals surface area contributed by atoms with E-state index in [2.05, 4.69) is 93.5 Å². The van der Waals surface area contributed by atoms with Crippen LogP contribution in [0.2, 0.25) is 0 Å². The first kappa shape index (κ1) is 19.0. The fourth-order valence-corrected chi connectivity index (χ4v) is 3.54. The van der Waals surface area contributed by atoms with Crippen LogP contribution in [0.15, 0.2) is 35.4 Å². The molecule has 0 radical (unpaired) electrons. The molecule has 0 aliphatic heterocycles. The lowest BCUT2D eigenvalue weighted by Gasteiger charge is -2.34. The first-order valence-electron chi connectivity index (χ1n) is 9.34. The summed E-state index contributed by atoms with van der Waals surface area (Å²) in [6, 6.07) is 4.85. The second-order valence-corrected chi connectivity index (χ2v) is 9.83. The topological polar surface area (TPSA) is 0 Å². The lowest BCUT2D eigenvalue weighted by molar-refractivity contribution is 0.490. The van der Waals surface area contributed by atoms with Crippen molar-refractivity contribution in [3.05, 3.63) is 57.7 Å². The number of benzene rings is 1. The Morgan fingerprint density at radius 3 is 1.92 bits per heavy atom. The van der Waals surface area contributed by atoms with Gasteiger partial charge in [0.15, 0.2) is 0 Å². The predicted molar refractivity (Wildman–Crippen MR) is 108 cm³/mol. The Morgan fingerprint density at radius 2 is 1.42 bits per heavy atom. The molecule has 1 aliphatic carbocycles. The van der Waals surface area contributed by atoms with Crippen molar-refractivity contribution >= 4 is 0 Å². The third kappa shape index (κ3) is 3.68. The van der Waals surface area contributed by atoms with E-state index < -0.39 is 0 Å². The van der Waals surface area contributed by atoms with Gasteiger partial charge in [0.1, 0.15) is 0 Å². The summed E-state index contributed by atoms with van der Waals surface area (Å²) in [4.78, 5) is 0. The van der Waals surface area contributed by atoms with Crippen LogP contribution in [0, 0.1) is 25.2 Å². The minimum Gasteiger partial charge on any atom is -0.0727 e. The quantitative estimate of drug-likeness (QED) is 0.510. The molecule has 0 amide bonds. The largest absolute Gasteiger partial charge is 0.0727 e. The van der Waals surface area contributed by atoms with Crippen LogP contribution in [0.4, 0.5) is 0 Å². The Morgan fingerprint density at radius 1 is 0.833 bits per heavy atom. The third-order valence-corrected chi connectivity index (χ3v) is 5.80. The van der Waals surface area contributed by atoms with Gasteiger partial charge in [0.2, 0.25) is 0 Å². The monoisotopic (exact) mass is 324 g/mol. The Labute approximate surface area is 150 Å². The molecule has 0 nitrogen and oxygen atoms in total. The van der Waals surface area contributed by atoms with Gasteiger partial charge in [0, 0.05) is 5.92 Å². The summed E-state index contributed by atoms with van der Waals surface area (Å²) in [6.07, 6.45) is 4.95. The number of aryl methyl sites for hydroxylation is 1. The van der Waals surface area contributed by atoms with E-state index >= 15 is 0 Å². The summed E-state index contributed by atoms with van der Waals surface area (Å²) in [5.74, 6) is 1.04. The zero-order valence-corrected chi connectivity index (χ0v) is 17.5. The van der Waals surface area contributed by atoms with Crippen molar-refractivity contribution in [3.63, 3.8) is 0 Å². The molecule has 2 rings (SSSR count). The normalized spacial score (nSPS) is 22.2. The summed E-state index contributed by atoms with van der Waals surface area (Å²) in [5.41, 5.74) is 9.21. The van der Waals surface area contributed by atoms with E-state index in [4.69, 9.17) is 0 Å². The van der Waals surface area contributed by atoms with Gasteiger partial charge in [-0.25, -0.2) is 0 Å². The molecule has 1 aromatic rings. The average Bonchev–Trinajstić information content (AvgIpc) is 2.42. The van der Waals surface area contributed by atoms with Crippen molar-refractivity contribution in [3.8, 4) is 0 Å². The molecule has 0 heteroatoms. The van der Waals surface area contributed by atoms with Gasteiger partial charge in [0.25, 0.3) is 0 Å². The van der Waals surface area contributed by atoms with E-state index in [-0.39, 0.29) is 10.8 Å². The number of allylic oxidation sites excluding steroid dienone is 4. The van der Waals surface area contributed by atoms with Crippen LogP contribution in [0.5, 0.6) is 0 Å². The summed E-state index contributed by atoms with van der Waals surface area (Å²) >= 11 is 0. The summed E-state index contributed by atoms with van der Waals surface area (Å²) in [7, 11) is 0. The van der Waals surface area contributed by atoms with Crippen molar-refractivity contribution < 1.29 is 0 Å². The lowest BCUT2D eigenvalue weighted by atomic mass is 9.70. The Hall–Kier alpha value is -1.30. The van der Waals surface area contributed by atoms with Crippen molar-refractivity contribution in [1.29, 1.82) is 0 Å². The van der Waals surface area contributed by atoms with E-state index in [0.29, 0.717) is 11.8 Å². The molecule has 24 heavy (non-hydrogen) atoms. The maximum Gasteiger partial charge on any atom is 0.00896 e. The van der Waals surface area contributed by atoms with Crippen LogP contribution in [-0.2, 0) is 5.41 Å². The molecule has 0 saturated carbocycles. The molecule has 1 aromatic carbocycles. The van der Waals surface area contributed by atoms with E-state index in [9.17, 15) is 0 Å². The van der Waals surface area contributed by atoms with Crippen LogP contribution < -0.4 is 0 Å². The molecule has 1 aliphatic rings. The number of hydrogen-bond donors (Lipinski definition) is 0. The summed E-state index contributed by atoms with van der Waals surface area (Å²) < 4.78 is 0. The maximum absolute atomic E-state index is 2.53. The van der Waals surface area contributed by atoms with Gasteiger partial charge in [-0.2, -0.15) is 0 Å². The van der Waals surface area contributed by atoms with Crippen molar-refractivity contribution in [2.75, 3.05) is 0 Å². The van der Waals surface area contributed by atoms with Crippen molar-refractivity contribution in [1.82, 2.24) is 0 Å². The van der Waals surface area contributed by atoms with Gasteiger partial charge in [-0.1, -0.05) is 78.3 Å². The second-order valence-electron chi connectivity index (χ2n) is 9.83. The van der Waals surface area contributed by atoms with Gasteiger partial charge in [0.05, 0.1) is 0 Å². The molecular formula is C24H36. The predicted octanol–water partition coefficient (Wildman–Crippen LogP) is 7.25. The number of rotatable bonds is 1. The van der Waals surface area contributed by atoms with Crippen LogP contribution in [0.3, 0.4) is 0 Å². The molecule has 0 N–H and O–H groups in total. The molecule has 0 spiro atoms. The molecule has 0 heterocycles. The van der Waals surface area contributed by atoms with Crippen molar-refractivity contribution in [2.45, 2.75) is 80.6 Å². The molecule has 0 fully saturated rings. The lowest BCUT2D eigenvalue weighted by Crippen LogP contribution is -2.21. The molecule has 0 aromatic heterocycles. The Bertz CT molecular complexity index is 684. The van der Waals surface area contributed by atoms with Crippen molar-refractivity contribution in [2.24, 2.45) is 11.3 Å². The first-order chi connectivity index (χ1) is 10.8. The van der Waals surface area contributed by atoms with Gasteiger partial charge < -0.3 is 0 Å². The summed E-state index contributed by atoms with van der Waals surface area (Å²) in [6.45, 7) is 23.1. The zero-order valence-electron chi connectivity index (χ0n) is 17.5. The smallest absolute Gasteiger partial charge is 0.00896 e. The molecule has 0 bridgehead atoms. The highest BCUT2D eigenvalue weighted by atomic mass is 14.3. The molecule has 0 saturated heterocycles. The van der Waals surface area contributed by atoms with Crippen LogP contribution in [-0.4, -0.2) is 0 Å². The summed E-state index contributed by atoms with van der Waals surface area (Å²) in [5, 5.41) is 0. The second kappa shape index (κ2) is 6.21. The van der Waals surface area contributed by atoms with E-state index in [0.717, 1.165) is 0 Å². The molecular weight excluding hydrogens is 288 g/mol. The SMILES string of the molecule is CC1=CC(C(C)(C)C)=C[C@@H](c2cc(C(C)(C)C)cc(C)c2C)C1C. The average molecular weight is 325 g/mol. The Balaban J connectivity index is 2.64. The van der Waals surface area contributed by atoms with E-state index in [1.54, 1.807) is 0 Å². The minimum absolute atomic E-state index is 0.187. The van der Waals surface area contributed by atoms with Gasteiger partial charge >= 0.3 is 0 Å². The fraction of sp³-hybridized carbons (Fsp3) is 0.583. The Kier molecular flexibility index (Phi) is 4.92. The highest BCUT2D eigenvalue weighted by Gasteiger charge is 2.29. The van der Waals surface area contributed by atoms with E-state index in [1.165, 1.54) is 33.4 Å².